The van der Waals surface area contributed by atoms with Gasteiger partial charge in [0.05, 0.1) is 0 Å². The standard InChI is InChI=1S/C18H11ClF4N4O6/c1-26-11(18(21,22)23)6-12(28)27(17(26)31)14-9(20)5-8(19)15(25-14)33-10-3-2-4-24-16(10)32-7-13(29)30/h2-6H,7H2,1H3,(H,29,30). The third kappa shape index (κ3) is 4.95. The van der Waals surface area contributed by atoms with Gasteiger partial charge in [0.15, 0.2) is 24.0 Å². The molecule has 15 heteroatoms. The first-order chi connectivity index (χ1) is 15.4. The lowest BCUT2D eigenvalue weighted by Crippen LogP contribution is -2.41. The molecule has 0 radical (unpaired) electrons. The molecule has 3 heterocycles. The molecule has 0 aliphatic heterocycles. The maximum atomic E-state index is 14.5. The minimum Gasteiger partial charge on any atom is -0.479 e. The first-order valence-electron chi connectivity index (χ1n) is 8.64. The molecule has 33 heavy (non-hydrogen) atoms. The molecule has 0 fully saturated rings. The molecule has 1 N–H and O–H groups in total. The van der Waals surface area contributed by atoms with Crippen LogP contribution < -0.4 is 20.7 Å². The lowest BCUT2D eigenvalue weighted by atomic mass is 10.3. The van der Waals surface area contributed by atoms with E-state index < -0.39 is 58.2 Å². The van der Waals surface area contributed by atoms with Crippen LogP contribution in [0.4, 0.5) is 17.6 Å². The SMILES string of the molecule is Cn1c(C(F)(F)F)cc(=O)n(-c2nc(Oc3cccnc3OCC(=O)O)c(Cl)cc2F)c1=O. The number of hydrogen-bond donors (Lipinski definition) is 1. The van der Waals surface area contributed by atoms with Crippen molar-refractivity contribution >= 4 is 17.6 Å². The van der Waals surface area contributed by atoms with Crippen LogP contribution in [0.2, 0.25) is 5.02 Å². The monoisotopic (exact) mass is 490 g/mol. The summed E-state index contributed by atoms with van der Waals surface area (Å²) in [7, 11) is 0.744. The summed E-state index contributed by atoms with van der Waals surface area (Å²) in [6, 6.07) is 3.37. The van der Waals surface area contributed by atoms with Crippen LogP contribution in [0.25, 0.3) is 5.82 Å². The summed E-state index contributed by atoms with van der Waals surface area (Å²) in [5.74, 6) is -4.69. The molecule has 10 nitrogen and oxygen atoms in total. The Labute approximate surface area is 185 Å². The van der Waals surface area contributed by atoms with E-state index >= 15 is 0 Å². The van der Waals surface area contributed by atoms with E-state index in [1.165, 1.54) is 18.3 Å². The first kappa shape index (κ1) is 23.7. The maximum absolute atomic E-state index is 14.5. The Morgan fingerprint density at radius 3 is 2.58 bits per heavy atom. The van der Waals surface area contributed by atoms with Crippen molar-refractivity contribution in [1.29, 1.82) is 0 Å². The third-order valence-electron chi connectivity index (χ3n) is 3.98. The molecule has 0 aliphatic carbocycles. The fourth-order valence-electron chi connectivity index (χ4n) is 2.56. The van der Waals surface area contributed by atoms with Gasteiger partial charge in [0.1, 0.15) is 10.7 Å². The largest absolute Gasteiger partial charge is 0.479 e. The van der Waals surface area contributed by atoms with Gasteiger partial charge < -0.3 is 14.6 Å². The number of carbonyl (C=O) groups is 1. The van der Waals surface area contributed by atoms with E-state index in [0.717, 1.165) is 7.05 Å². The smallest absolute Gasteiger partial charge is 0.431 e. The van der Waals surface area contributed by atoms with E-state index in [1.54, 1.807) is 0 Å². The van der Waals surface area contributed by atoms with Crippen LogP contribution in [0.3, 0.4) is 0 Å². The van der Waals surface area contributed by atoms with Crippen molar-refractivity contribution in [2.75, 3.05) is 6.61 Å². The van der Waals surface area contributed by atoms with E-state index in [1.807, 2.05) is 0 Å². The van der Waals surface area contributed by atoms with Crippen LogP contribution in [0.1, 0.15) is 5.69 Å². The normalized spacial score (nSPS) is 11.3. The van der Waals surface area contributed by atoms with Crippen LogP contribution in [-0.2, 0) is 18.0 Å². The number of halogens is 5. The lowest BCUT2D eigenvalue weighted by Gasteiger charge is -2.15. The van der Waals surface area contributed by atoms with E-state index in [4.69, 9.17) is 26.2 Å². The van der Waals surface area contributed by atoms with Crippen molar-refractivity contribution in [1.82, 2.24) is 19.1 Å². The van der Waals surface area contributed by atoms with Crippen molar-refractivity contribution < 1.29 is 36.9 Å². The van der Waals surface area contributed by atoms with Gasteiger partial charge in [-0.05, 0) is 12.1 Å². The molecule has 0 saturated heterocycles. The van der Waals surface area contributed by atoms with Gasteiger partial charge in [0.25, 0.3) is 11.4 Å². The fraction of sp³-hybridized carbons (Fsp3) is 0.167. The number of alkyl halides is 3. The quantitative estimate of drug-likeness (QED) is 0.522. The zero-order chi connectivity index (χ0) is 24.5. The minimum atomic E-state index is -5.01. The van der Waals surface area contributed by atoms with Gasteiger partial charge in [0.2, 0.25) is 5.88 Å². The Balaban J connectivity index is 2.12. The van der Waals surface area contributed by atoms with Gasteiger partial charge in [-0.15, -0.1) is 0 Å². The molecule has 174 valence electrons. The average molecular weight is 491 g/mol. The highest BCUT2D eigenvalue weighted by Gasteiger charge is 2.35. The van der Waals surface area contributed by atoms with Gasteiger partial charge >= 0.3 is 17.8 Å². The summed E-state index contributed by atoms with van der Waals surface area (Å²) < 4.78 is 64.2. The molecular formula is C18H11ClF4N4O6. The van der Waals surface area contributed by atoms with Crippen LogP contribution in [-0.4, -0.2) is 36.8 Å². The fourth-order valence-corrected chi connectivity index (χ4v) is 2.73. The highest BCUT2D eigenvalue weighted by atomic mass is 35.5. The second-order valence-electron chi connectivity index (χ2n) is 6.21. The van der Waals surface area contributed by atoms with Crippen molar-refractivity contribution in [2.24, 2.45) is 7.05 Å². The van der Waals surface area contributed by atoms with Crippen LogP contribution in [0.15, 0.2) is 40.1 Å². The van der Waals surface area contributed by atoms with Gasteiger partial charge in [0, 0.05) is 25.4 Å². The second kappa shape index (κ2) is 8.90. The zero-order valence-electron chi connectivity index (χ0n) is 16.3. The predicted octanol–water partition coefficient (Wildman–Crippen LogP) is 2.39. The Morgan fingerprint density at radius 2 is 1.94 bits per heavy atom. The van der Waals surface area contributed by atoms with Gasteiger partial charge in [-0.25, -0.2) is 23.5 Å². The van der Waals surface area contributed by atoms with Gasteiger partial charge in [-0.3, -0.25) is 9.36 Å². The Morgan fingerprint density at radius 1 is 1.24 bits per heavy atom. The summed E-state index contributed by atoms with van der Waals surface area (Å²) >= 11 is 5.91. The van der Waals surface area contributed by atoms with Crippen molar-refractivity contribution in [2.45, 2.75) is 6.18 Å². The molecule has 0 atom stereocenters. The molecule has 0 spiro atoms. The number of carboxylic acid groups (broad SMARTS) is 1. The minimum absolute atomic E-state index is 0.0683. The predicted molar refractivity (Wildman–Crippen MR) is 102 cm³/mol. The number of aliphatic carboxylic acids is 1. The second-order valence-corrected chi connectivity index (χ2v) is 6.62. The molecule has 3 rings (SSSR count). The van der Waals surface area contributed by atoms with Gasteiger partial charge in [-0.2, -0.15) is 18.2 Å². The highest BCUT2D eigenvalue weighted by molar-refractivity contribution is 6.31. The summed E-state index contributed by atoms with van der Waals surface area (Å²) in [4.78, 5) is 42.8. The maximum Gasteiger partial charge on any atom is 0.431 e. The zero-order valence-corrected chi connectivity index (χ0v) is 17.0. The lowest BCUT2D eigenvalue weighted by molar-refractivity contribution is -0.144. The Kier molecular flexibility index (Phi) is 6.39. The number of hydrogen-bond acceptors (Lipinski definition) is 7. The van der Waals surface area contributed by atoms with Crippen LogP contribution in [0.5, 0.6) is 17.5 Å². The molecule has 0 amide bonds. The molecule has 0 aromatic carbocycles. The number of aromatic nitrogens is 4. The van der Waals surface area contributed by atoms with Crippen molar-refractivity contribution in [3.63, 3.8) is 0 Å². The molecule has 0 saturated carbocycles. The summed E-state index contributed by atoms with van der Waals surface area (Å²) in [5, 5.41) is 8.29. The number of rotatable bonds is 6. The van der Waals surface area contributed by atoms with Crippen molar-refractivity contribution in [3.05, 3.63) is 67.8 Å². The average Bonchev–Trinajstić information content (AvgIpc) is 2.72. The van der Waals surface area contributed by atoms with E-state index in [0.29, 0.717) is 6.07 Å². The molecular weight excluding hydrogens is 480 g/mol. The van der Waals surface area contributed by atoms with Crippen LogP contribution in [0, 0.1) is 5.82 Å². The van der Waals surface area contributed by atoms with Crippen LogP contribution >= 0.6 is 11.6 Å². The molecule has 0 aliphatic rings. The Bertz CT molecular complexity index is 1360. The molecule has 0 bridgehead atoms. The molecule has 3 aromatic rings. The summed E-state index contributed by atoms with van der Waals surface area (Å²) in [5.41, 5.74) is -4.58. The molecule has 3 aromatic heterocycles. The Hall–Kier alpha value is -3.94. The first-order valence-corrected chi connectivity index (χ1v) is 9.02. The highest BCUT2D eigenvalue weighted by Crippen LogP contribution is 2.33. The number of nitrogens with zero attached hydrogens (tertiary/aromatic N) is 4. The number of pyridine rings is 2. The van der Waals surface area contributed by atoms with Gasteiger partial charge in [-0.1, -0.05) is 11.6 Å². The summed E-state index contributed by atoms with van der Waals surface area (Å²) in [6.07, 6.45) is -3.76. The molecule has 0 unspecified atom stereocenters. The summed E-state index contributed by atoms with van der Waals surface area (Å²) in [6.45, 7) is -0.778. The third-order valence-corrected chi connectivity index (χ3v) is 4.25. The van der Waals surface area contributed by atoms with Crippen molar-refractivity contribution in [3.8, 4) is 23.3 Å². The van der Waals surface area contributed by atoms with E-state index in [-0.39, 0.29) is 26.8 Å². The van der Waals surface area contributed by atoms with E-state index in [9.17, 15) is 31.9 Å². The number of ether oxygens (including phenoxy) is 2. The number of carboxylic acids is 1. The topological polar surface area (TPSA) is 126 Å². The van der Waals surface area contributed by atoms with E-state index in [2.05, 4.69) is 9.97 Å².